The molecule has 0 fully saturated rings. The van der Waals surface area contributed by atoms with Crippen molar-refractivity contribution in [1.82, 2.24) is 10.3 Å². The van der Waals surface area contributed by atoms with Crippen LogP contribution in [0.25, 0.3) is 0 Å². The van der Waals surface area contributed by atoms with Crippen molar-refractivity contribution in [2.75, 3.05) is 20.3 Å². The molecule has 0 aliphatic heterocycles. The summed E-state index contributed by atoms with van der Waals surface area (Å²) in [6.07, 6.45) is 1.54. The fraction of sp³-hybridized carbons (Fsp3) is 0.615. The van der Waals surface area contributed by atoms with Gasteiger partial charge in [-0.3, -0.25) is 0 Å². The second-order valence-corrected chi connectivity index (χ2v) is 4.93. The van der Waals surface area contributed by atoms with Gasteiger partial charge in [0.25, 0.3) is 5.88 Å². The van der Waals surface area contributed by atoms with E-state index in [1.165, 1.54) is 6.20 Å². The molecule has 0 unspecified atom stereocenters. The average molecular weight is 256 g/mol. The Kier molecular flexibility index (Phi) is 5.50. The van der Waals surface area contributed by atoms with Crippen molar-refractivity contribution in [2.45, 2.75) is 32.9 Å². The second kappa shape index (κ2) is 6.66. The predicted octanol–water partition coefficient (Wildman–Crippen LogP) is 2.13. The normalized spacial score (nSPS) is 11.6. The number of nitrogens with one attached hydrogen (secondary N) is 1. The summed E-state index contributed by atoms with van der Waals surface area (Å²) in [4.78, 5) is 3.87. The van der Waals surface area contributed by atoms with Crippen LogP contribution in [-0.2, 0) is 11.3 Å². The number of halogens is 1. The molecule has 1 rings (SSSR count). The fourth-order valence-electron chi connectivity index (χ4n) is 1.38. The van der Waals surface area contributed by atoms with E-state index >= 15 is 0 Å². The third kappa shape index (κ3) is 4.98. The van der Waals surface area contributed by atoms with Crippen LogP contribution in [0, 0.1) is 5.82 Å². The Morgan fingerprint density at radius 1 is 1.33 bits per heavy atom. The minimum absolute atomic E-state index is 0.0280. The first-order valence-electron chi connectivity index (χ1n) is 5.99. The molecule has 102 valence electrons. The molecule has 0 saturated heterocycles. The van der Waals surface area contributed by atoms with E-state index in [2.05, 4.69) is 10.3 Å². The van der Waals surface area contributed by atoms with Gasteiger partial charge in [-0.15, -0.1) is 0 Å². The van der Waals surface area contributed by atoms with E-state index in [0.29, 0.717) is 18.7 Å². The number of hydrogen-bond donors (Lipinski definition) is 1. The molecule has 0 aliphatic rings. The van der Waals surface area contributed by atoms with Gasteiger partial charge in [0, 0.05) is 18.3 Å². The third-order valence-corrected chi connectivity index (χ3v) is 2.16. The predicted molar refractivity (Wildman–Crippen MR) is 68.2 cm³/mol. The summed E-state index contributed by atoms with van der Waals surface area (Å²) in [6.45, 7) is 7.01. The van der Waals surface area contributed by atoms with Crippen LogP contribution in [0.2, 0.25) is 0 Å². The van der Waals surface area contributed by atoms with Crippen LogP contribution in [0.3, 0.4) is 0 Å². The second-order valence-electron chi connectivity index (χ2n) is 4.93. The van der Waals surface area contributed by atoms with Crippen LogP contribution in [0.15, 0.2) is 12.3 Å². The van der Waals surface area contributed by atoms with Crippen LogP contribution < -0.4 is 10.1 Å². The van der Waals surface area contributed by atoms with Crippen molar-refractivity contribution in [2.24, 2.45) is 0 Å². The molecule has 0 radical (unpaired) electrons. The summed E-state index contributed by atoms with van der Waals surface area (Å²) >= 11 is 0. The third-order valence-electron chi connectivity index (χ3n) is 2.16. The maximum absolute atomic E-state index is 13.9. The Balaban J connectivity index is 2.50. The minimum Gasteiger partial charge on any atom is -0.473 e. The van der Waals surface area contributed by atoms with Gasteiger partial charge in [-0.05, 0) is 33.9 Å². The van der Waals surface area contributed by atoms with Gasteiger partial charge in [0.2, 0.25) is 0 Å². The molecule has 5 heteroatoms. The molecule has 1 aromatic rings. The maximum atomic E-state index is 13.9. The van der Waals surface area contributed by atoms with Gasteiger partial charge >= 0.3 is 0 Å². The Morgan fingerprint density at radius 2 is 2.06 bits per heavy atom. The Bertz CT molecular complexity index is 378. The van der Waals surface area contributed by atoms with Crippen molar-refractivity contribution < 1.29 is 13.9 Å². The lowest BCUT2D eigenvalue weighted by Crippen LogP contribution is -2.22. The molecule has 1 heterocycles. The van der Waals surface area contributed by atoms with Crippen LogP contribution in [0.4, 0.5) is 4.39 Å². The number of rotatable bonds is 6. The van der Waals surface area contributed by atoms with Crippen LogP contribution >= 0.6 is 0 Å². The van der Waals surface area contributed by atoms with E-state index in [-0.39, 0.29) is 18.1 Å². The van der Waals surface area contributed by atoms with Crippen LogP contribution in [0.5, 0.6) is 5.88 Å². The molecule has 1 N–H and O–H groups in total. The van der Waals surface area contributed by atoms with E-state index < -0.39 is 5.82 Å². The van der Waals surface area contributed by atoms with Crippen molar-refractivity contribution in [1.29, 1.82) is 0 Å². The highest BCUT2D eigenvalue weighted by atomic mass is 19.1. The first-order chi connectivity index (χ1) is 8.44. The molecule has 0 aliphatic carbocycles. The van der Waals surface area contributed by atoms with Gasteiger partial charge in [0.15, 0.2) is 5.82 Å². The number of pyridine rings is 1. The minimum atomic E-state index is -0.414. The molecule has 0 spiro atoms. The molecule has 18 heavy (non-hydrogen) atoms. The SMILES string of the molecule is CNCc1ccnc(OCCOC(C)(C)C)c1F. The molecule has 0 atom stereocenters. The number of nitrogens with zero attached hydrogens (tertiary/aromatic N) is 1. The summed E-state index contributed by atoms with van der Waals surface area (Å²) in [5, 5.41) is 2.89. The van der Waals surface area contributed by atoms with E-state index in [1.54, 1.807) is 13.1 Å². The molecular weight excluding hydrogens is 235 g/mol. The first kappa shape index (κ1) is 14.9. The maximum Gasteiger partial charge on any atom is 0.250 e. The summed E-state index contributed by atoms with van der Waals surface area (Å²) in [5.74, 6) is -0.386. The van der Waals surface area contributed by atoms with Gasteiger partial charge in [-0.1, -0.05) is 0 Å². The first-order valence-corrected chi connectivity index (χ1v) is 5.99. The van der Waals surface area contributed by atoms with E-state index in [4.69, 9.17) is 9.47 Å². The zero-order valence-electron chi connectivity index (χ0n) is 11.4. The largest absolute Gasteiger partial charge is 0.473 e. The molecule has 1 aromatic heterocycles. The summed E-state index contributed by atoms with van der Waals surface area (Å²) in [6, 6.07) is 1.63. The Morgan fingerprint density at radius 3 is 2.67 bits per heavy atom. The number of aromatic nitrogens is 1. The van der Waals surface area contributed by atoms with Gasteiger partial charge < -0.3 is 14.8 Å². The fourth-order valence-corrected chi connectivity index (χ4v) is 1.38. The molecule has 4 nitrogen and oxygen atoms in total. The zero-order valence-corrected chi connectivity index (χ0v) is 11.4. The van der Waals surface area contributed by atoms with Crippen molar-refractivity contribution >= 4 is 0 Å². The Hall–Kier alpha value is -1.20. The standard InChI is InChI=1S/C13H21FN2O2/c1-13(2,3)18-8-7-17-12-11(14)10(9-15-4)5-6-16-12/h5-6,15H,7-9H2,1-4H3. The summed E-state index contributed by atoms with van der Waals surface area (Å²) < 4.78 is 24.6. The van der Waals surface area contributed by atoms with Gasteiger partial charge in [0.05, 0.1) is 12.2 Å². The van der Waals surface area contributed by atoms with Gasteiger partial charge in [-0.25, -0.2) is 9.37 Å². The highest BCUT2D eigenvalue weighted by molar-refractivity contribution is 5.23. The topological polar surface area (TPSA) is 43.4 Å². The molecule has 0 bridgehead atoms. The van der Waals surface area contributed by atoms with Crippen molar-refractivity contribution in [3.63, 3.8) is 0 Å². The summed E-state index contributed by atoms with van der Waals surface area (Å²) in [5.41, 5.74) is 0.322. The molecule has 0 saturated carbocycles. The smallest absolute Gasteiger partial charge is 0.250 e. The molecule has 0 aromatic carbocycles. The van der Waals surface area contributed by atoms with Crippen molar-refractivity contribution in [3.8, 4) is 5.88 Å². The molecule has 0 amide bonds. The van der Waals surface area contributed by atoms with E-state index in [0.717, 1.165) is 0 Å². The Labute approximate surface area is 108 Å². The monoisotopic (exact) mass is 256 g/mol. The summed E-state index contributed by atoms with van der Waals surface area (Å²) in [7, 11) is 1.76. The number of hydrogen-bond acceptors (Lipinski definition) is 4. The van der Waals surface area contributed by atoms with Crippen LogP contribution in [0.1, 0.15) is 26.3 Å². The number of ether oxygens (including phenoxy) is 2. The lowest BCUT2D eigenvalue weighted by atomic mass is 10.2. The van der Waals surface area contributed by atoms with E-state index in [9.17, 15) is 4.39 Å². The average Bonchev–Trinajstić information content (AvgIpc) is 2.28. The van der Waals surface area contributed by atoms with Gasteiger partial charge in [-0.2, -0.15) is 0 Å². The van der Waals surface area contributed by atoms with Gasteiger partial charge in [0.1, 0.15) is 6.61 Å². The van der Waals surface area contributed by atoms with Crippen molar-refractivity contribution in [3.05, 3.63) is 23.6 Å². The van der Waals surface area contributed by atoms with E-state index in [1.807, 2.05) is 20.8 Å². The lowest BCUT2D eigenvalue weighted by Gasteiger charge is -2.19. The van der Waals surface area contributed by atoms with Crippen LogP contribution in [-0.4, -0.2) is 30.8 Å². The quantitative estimate of drug-likeness (QED) is 0.792. The zero-order chi connectivity index (χ0) is 13.6. The molecular formula is C13H21FN2O2. The lowest BCUT2D eigenvalue weighted by molar-refractivity contribution is -0.0172. The highest BCUT2D eigenvalue weighted by Gasteiger charge is 2.12. The highest BCUT2D eigenvalue weighted by Crippen LogP contribution is 2.17.